The molecule has 0 atom stereocenters. The Kier molecular flexibility index (Phi) is 9.22. The minimum Gasteiger partial charge on any atom is -0.493 e. The van der Waals surface area contributed by atoms with E-state index in [0.29, 0.717) is 41.7 Å². The summed E-state index contributed by atoms with van der Waals surface area (Å²) in [4.78, 5) is 15.3. The van der Waals surface area contributed by atoms with E-state index in [1.807, 2.05) is 38.4 Å². The minimum atomic E-state index is -0.0794. The maximum atomic E-state index is 11.6. The Morgan fingerprint density at radius 1 is 0.906 bits per heavy atom. The molecular formula is C24H32N2O6. The standard InChI is InChI=1S/C13H15NO4.C11H17NO2/c1-8-7-14(13(8)15)9-5-10(16-2)12(18-4)11(6-9)17-3;1-12(2)8-9-14-11-7-5-4-6-10(11)13-3/h5-6H,1,7H2,2-4H3;4-7H,8-9H2,1-3H3. The molecule has 0 aromatic heterocycles. The number of hydrogen-bond acceptors (Lipinski definition) is 7. The van der Waals surface area contributed by atoms with Gasteiger partial charge >= 0.3 is 0 Å². The van der Waals surface area contributed by atoms with E-state index in [9.17, 15) is 4.79 Å². The number of hydrogen-bond donors (Lipinski definition) is 0. The molecule has 3 rings (SSSR count). The van der Waals surface area contributed by atoms with Crippen molar-refractivity contribution in [1.82, 2.24) is 4.90 Å². The van der Waals surface area contributed by atoms with Crippen molar-refractivity contribution in [2.75, 3.05) is 67.1 Å². The predicted molar refractivity (Wildman–Crippen MR) is 125 cm³/mol. The first kappa shape index (κ1) is 24.9. The smallest absolute Gasteiger partial charge is 0.255 e. The van der Waals surface area contributed by atoms with Crippen LogP contribution in [0.3, 0.4) is 0 Å². The van der Waals surface area contributed by atoms with Crippen LogP contribution in [-0.2, 0) is 4.79 Å². The average Bonchev–Trinajstić information content (AvgIpc) is 2.81. The molecule has 32 heavy (non-hydrogen) atoms. The zero-order valence-electron chi connectivity index (χ0n) is 19.6. The Labute approximate surface area is 189 Å². The van der Waals surface area contributed by atoms with E-state index in [1.165, 1.54) is 21.3 Å². The second kappa shape index (κ2) is 11.9. The fraction of sp³-hybridized carbons (Fsp3) is 0.375. The molecule has 1 saturated heterocycles. The molecule has 2 aromatic carbocycles. The molecule has 1 amide bonds. The number of ether oxygens (including phenoxy) is 5. The highest BCUT2D eigenvalue weighted by Crippen LogP contribution is 2.42. The van der Waals surface area contributed by atoms with E-state index in [4.69, 9.17) is 23.7 Å². The number of para-hydroxylation sites is 2. The predicted octanol–water partition coefficient (Wildman–Crippen LogP) is 3.25. The van der Waals surface area contributed by atoms with Gasteiger partial charge in [0.1, 0.15) is 6.61 Å². The van der Waals surface area contributed by atoms with Crippen LogP contribution in [0.2, 0.25) is 0 Å². The van der Waals surface area contributed by atoms with Crippen molar-refractivity contribution >= 4 is 11.6 Å². The molecule has 0 spiro atoms. The number of likely N-dealkylation sites (N-methyl/N-ethyl adjacent to an activating group) is 1. The van der Waals surface area contributed by atoms with Crippen LogP contribution < -0.4 is 28.6 Å². The summed E-state index contributed by atoms with van der Waals surface area (Å²) in [6.45, 7) is 5.76. The Bertz CT molecular complexity index is 903. The first-order valence-corrected chi connectivity index (χ1v) is 10.1. The van der Waals surface area contributed by atoms with Crippen molar-refractivity contribution < 1.29 is 28.5 Å². The van der Waals surface area contributed by atoms with Gasteiger partial charge in [-0.05, 0) is 26.2 Å². The third kappa shape index (κ3) is 6.07. The Morgan fingerprint density at radius 2 is 1.47 bits per heavy atom. The van der Waals surface area contributed by atoms with E-state index < -0.39 is 0 Å². The molecule has 174 valence electrons. The molecule has 8 heteroatoms. The molecule has 0 saturated carbocycles. The molecule has 0 bridgehead atoms. The van der Waals surface area contributed by atoms with E-state index in [-0.39, 0.29) is 5.91 Å². The summed E-state index contributed by atoms with van der Waals surface area (Å²) < 4.78 is 26.4. The summed E-state index contributed by atoms with van der Waals surface area (Å²) in [5, 5.41) is 0. The number of carbonyl (C=O) groups is 1. The van der Waals surface area contributed by atoms with Crippen LogP contribution in [0.15, 0.2) is 48.6 Å². The molecule has 0 unspecified atom stereocenters. The average molecular weight is 445 g/mol. The molecule has 0 N–H and O–H groups in total. The molecule has 1 heterocycles. The number of β-lactam (4-membered cyclic amide) rings is 1. The van der Waals surface area contributed by atoms with Crippen LogP contribution in [0.5, 0.6) is 28.7 Å². The minimum absolute atomic E-state index is 0.0794. The summed E-state index contributed by atoms with van der Waals surface area (Å²) in [6, 6.07) is 11.2. The van der Waals surface area contributed by atoms with Gasteiger partial charge in [-0.3, -0.25) is 4.79 Å². The maximum Gasteiger partial charge on any atom is 0.255 e. The lowest BCUT2D eigenvalue weighted by Gasteiger charge is -2.33. The van der Waals surface area contributed by atoms with Gasteiger partial charge in [0, 0.05) is 24.3 Å². The third-order valence-corrected chi connectivity index (χ3v) is 4.72. The lowest BCUT2D eigenvalue weighted by Crippen LogP contribution is -2.45. The lowest BCUT2D eigenvalue weighted by atomic mass is 10.1. The van der Waals surface area contributed by atoms with Crippen LogP contribution in [-0.4, -0.2) is 73.0 Å². The Hall–Kier alpha value is -3.39. The van der Waals surface area contributed by atoms with Gasteiger partial charge in [0.15, 0.2) is 23.0 Å². The van der Waals surface area contributed by atoms with Crippen LogP contribution in [0.4, 0.5) is 5.69 Å². The molecular weight excluding hydrogens is 412 g/mol. The highest BCUT2D eigenvalue weighted by atomic mass is 16.5. The Balaban J connectivity index is 0.000000235. The highest BCUT2D eigenvalue weighted by Gasteiger charge is 2.31. The fourth-order valence-electron chi connectivity index (χ4n) is 2.94. The second-order valence-corrected chi connectivity index (χ2v) is 7.18. The molecule has 0 radical (unpaired) electrons. The van der Waals surface area contributed by atoms with E-state index >= 15 is 0 Å². The number of nitrogens with zero attached hydrogens (tertiary/aromatic N) is 2. The number of anilines is 1. The van der Waals surface area contributed by atoms with Crippen LogP contribution in [0.1, 0.15) is 0 Å². The van der Waals surface area contributed by atoms with Gasteiger partial charge in [-0.25, -0.2) is 0 Å². The van der Waals surface area contributed by atoms with Gasteiger partial charge < -0.3 is 33.5 Å². The van der Waals surface area contributed by atoms with Gasteiger partial charge in [-0.15, -0.1) is 0 Å². The largest absolute Gasteiger partial charge is 0.493 e. The number of benzene rings is 2. The van der Waals surface area contributed by atoms with Crippen LogP contribution >= 0.6 is 0 Å². The summed E-state index contributed by atoms with van der Waals surface area (Å²) in [7, 11) is 10.3. The van der Waals surface area contributed by atoms with Gasteiger partial charge in [0.2, 0.25) is 5.75 Å². The normalized spacial score (nSPS) is 12.5. The maximum absolute atomic E-state index is 11.6. The van der Waals surface area contributed by atoms with Crippen LogP contribution in [0.25, 0.3) is 0 Å². The lowest BCUT2D eigenvalue weighted by molar-refractivity contribution is -0.117. The zero-order chi connectivity index (χ0) is 23.7. The number of amides is 1. The second-order valence-electron chi connectivity index (χ2n) is 7.18. The molecule has 1 aliphatic rings. The highest BCUT2D eigenvalue weighted by molar-refractivity contribution is 6.13. The van der Waals surface area contributed by atoms with Crippen molar-refractivity contribution in [1.29, 1.82) is 0 Å². The molecule has 1 fully saturated rings. The summed E-state index contributed by atoms with van der Waals surface area (Å²) >= 11 is 0. The molecule has 8 nitrogen and oxygen atoms in total. The first-order valence-electron chi connectivity index (χ1n) is 10.1. The van der Waals surface area contributed by atoms with Crippen molar-refractivity contribution in [3.05, 3.63) is 48.6 Å². The topological polar surface area (TPSA) is 69.7 Å². The van der Waals surface area contributed by atoms with Gasteiger partial charge in [0.05, 0.1) is 40.7 Å². The Morgan fingerprint density at radius 3 is 1.91 bits per heavy atom. The van der Waals surface area contributed by atoms with Crippen molar-refractivity contribution in [2.45, 2.75) is 0 Å². The van der Waals surface area contributed by atoms with E-state index in [2.05, 4.69) is 11.5 Å². The van der Waals surface area contributed by atoms with Gasteiger partial charge in [0.25, 0.3) is 5.91 Å². The van der Waals surface area contributed by atoms with Gasteiger partial charge in [-0.1, -0.05) is 18.7 Å². The first-order chi connectivity index (χ1) is 15.4. The van der Waals surface area contributed by atoms with Gasteiger partial charge in [-0.2, -0.15) is 0 Å². The van der Waals surface area contributed by atoms with Crippen LogP contribution in [0, 0.1) is 0 Å². The number of carbonyl (C=O) groups excluding carboxylic acids is 1. The quantitative estimate of drug-likeness (QED) is 0.434. The summed E-state index contributed by atoms with van der Waals surface area (Å²) in [5.41, 5.74) is 1.31. The van der Waals surface area contributed by atoms with Crippen molar-refractivity contribution in [2.24, 2.45) is 0 Å². The molecule has 1 aliphatic heterocycles. The molecule has 0 aliphatic carbocycles. The fourth-order valence-corrected chi connectivity index (χ4v) is 2.94. The van der Waals surface area contributed by atoms with E-state index in [0.717, 1.165) is 18.0 Å². The number of rotatable bonds is 9. The molecule has 2 aromatic rings. The van der Waals surface area contributed by atoms with Crippen molar-refractivity contribution in [3.8, 4) is 28.7 Å². The SMILES string of the molecule is C=C1CN(c2cc(OC)c(OC)c(OC)c2)C1=O.COc1ccccc1OCCN(C)C. The summed E-state index contributed by atoms with van der Waals surface area (Å²) in [5.74, 6) is 3.07. The van der Waals surface area contributed by atoms with E-state index in [1.54, 1.807) is 24.1 Å². The number of methoxy groups -OCH3 is 4. The monoisotopic (exact) mass is 444 g/mol. The summed E-state index contributed by atoms with van der Waals surface area (Å²) in [6.07, 6.45) is 0. The van der Waals surface area contributed by atoms with Crippen molar-refractivity contribution in [3.63, 3.8) is 0 Å². The zero-order valence-corrected chi connectivity index (χ0v) is 19.6. The third-order valence-electron chi connectivity index (χ3n) is 4.72.